The topological polar surface area (TPSA) is 75.6 Å². The molecule has 0 radical (unpaired) electrons. The SMILES string of the molecule is O=NC1=CCC(=O)NC1=O. The minimum absolute atomic E-state index is 0.0484. The van der Waals surface area contributed by atoms with Gasteiger partial charge in [0.1, 0.15) is 0 Å². The third kappa shape index (κ3) is 1.07. The highest BCUT2D eigenvalue weighted by Crippen LogP contribution is 2.03. The summed E-state index contributed by atoms with van der Waals surface area (Å²) >= 11 is 0. The minimum atomic E-state index is -0.716. The summed E-state index contributed by atoms with van der Waals surface area (Å²) in [4.78, 5) is 30.7. The van der Waals surface area contributed by atoms with Gasteiger partial charge < -0.3 is 0 Å². The van der Waals surface area contributed by atoms with Crippen LogP contribution in [-0.4, -0.2) is 11.8 Å². The molecule has 5 nitrogen and oxygen atoms in total. The fourth-order valence-electron chi connectivity index (χ4n) is 0.602. The minimum Gasteiger partial charge on any atom is -0.291 e. The Bertz CT molecular complexity index is 231. The van der Waals surface area contributed by atoms with E-state index in [1.54, 1.807) is 0 Å². The van der Waals surface area contributed by atoms with E-state index in [1.807, 2.05) is 5.32 Å². The van der Waals surface area contributed by atoms with Gasteiger partial charge in [0.15, 0.2) is 5.70 Å². The van der Waals surface area contributed by atoms with Gasteiger partial charge in [0.05, 0.1) is 0 Å². The van der Waals surface area contributed by atoms with Gasteiger partial charge in [0, 0.05) is 6.42 Å². The van der Waals surface area contributed by atoms with Crippen LogP contribution in [0.25, 0.3) is 0 Å². The molecular formula is C5H4N2O3. The van der Waals surface area contributed by atoms with Crippen LogP contribution in [0.4, 0.5) is 0 Å². The molecule has 0 aromatic heterocycles. The van der Waals surface area contributed by atoms with E-state index < -0.39 is 11.8 Å². The maximum absolute atomic E-state index is 10.5. The molecule has 1 heterocycles. The maximum atomic E-state index is 10.5. The van der Waals surface area contributed by atoms with E-state index in [1.165, 1.54) is 6.08 Å². The Kier molecular flexibility index (Phi) is 1.57. The second-order valence-electron chi connectivity index (χ2n) is 1.76. The lowest BCUT2D eigenvalue weighted by Crippen LogP contribution is -2.33. The molecule has 0 saturated carbocycles. The molecule has 0 saturated heterocycles. The second-order valence-corrected chi connectivity index (χ2v) is 1.76. The first-order valence-electron chi connectivity index (χ1n) is 2.61. The van der Waals surface area contributed by atoms with Gasteiger partial charge in [-0.25, -0.2) is 0 Å². The summed E-state index contributed by atoms with van der Waals surface area (Å²) in [5.41, 5.74) is -0.223. The van der Waals surface area contributed by atoms with Gasteiger partial charge in [-0.2, -0.15) is 0 Å². The summed E-state index contributed by atoms with van der Waals surface area (Å²) in [7, 11) is 0. The first-order chi connectivity index (χ1) is 4.74. The second kappa shape index (κ2) is 2.38. The normalized spacial score (nSPS) is 17.8. The van der Waals surface area contributed by atoms with Crippen molar-refractivity contribution >= 4 is 11.8 Å². The van der Waals surface area contributed by atoms with E-state index in [2.05, 4.69) is 5.18 Å². The molecule has 52 valence electrons. The Morgan fingerprint density at radius 3 is 2.70 bits per heavy atom. The van der Waals surface area contributed by atoms with E-state index in [0.717, 1.165) is 0 Å². The van der Waals surface area contributed by atoms with E-state index in [4.69, 9.17) is 0 Å². The molecule has 0 aliphatic carbocycles. The molecule has 0 fully saturated rings. The van der Waals surface area contributed by atoms with E-state index >= 15 is 0 Å². The summed E-state index contributed by atoms with van der Waals surface area (Å²) in [5, 5.41) is 4.35. The van der Waals surface area contributed by atoms with Gasteiger partial charge >= 0.3 is 0 Å². The largest absolute Gasteiger partial charge is 0.291 e. The Hall–Kier alpha value is -1.52. The lowest BCUT2D eigenvalue weighted by atomic mass is 10.2. The highest BCUT2D eigenvalue weighted by Gasteiger charge is 2.18. The number of carbonyl (C=O) groups is 2. The van der Waals surface area contributed by atoms with Crippen LogP contribution in [0.15, 0.2) is 16.9 Å². The number of amides is 2. The molecule has 0 spiro atoms. The number of nitroso groups, excluding NO2 is 1. The fourth-order valence-corrected chi connectivity index (χ4v) is 0.602. The Balaban J connectivity index is 2.85. The maximum Gasteiger partial charge on any atom is 0.279 e. The molecule has 1 aliphatic rings. The van der Waals surface area contributed by atoms with Gasteiger partial charge in [-0.1, -0.05) is 0 Å². The van der Waals surface area contributed by atoms with E-state index in [0.29, 0.717) is 0 Å². The summed E-state index contributed by atoms with van der Waals surface area (Å²) in [6.07, 6.45) is 1.25. The molecule has 0 bridgehead atoms. The number of hydrogen-bond acceptors (Lipinski definition) is 4. The van der Waals surface area contributed by atoms with Gasteiger partial charge in [-0.05, 0) is 11.3 Å². The van der Waals surface area contributed by atoms with Crippen LogP contribution in [0.3, 0.4) is 0 Å². The van der Waals surface area contributed by atoms with Crippen LogP contribution in [0.1, 0.15) is 6.42 Å². The van der Waals surface area contributed by atoms with Gasteiger partial charge in [0.25, 0.3) is 5.91 Å². The van der Waals surface area contributed by atoms with Crippen molar-refractivity contribution in [3.05, 3.63) is 16.7 Å². The zero-order valence-electron chi connectivity index (χ0n) is 4.96. The van der Waals surface area contributed by atoms with Crippen molar-refractivity contribution in [3.8, 4) is 0 Å². The van der Waals surface area contributed by atoms with E-state index in [-0.39, 0.29) is 12.1 Å². The van der Waals surface area contributed by atoms with Crippen LogP contribution in [0.2, 0.25) is 0 Å². The Morgan fingerprint density at radius 1 is 1.50 bits per heavy atom. The number of hydrogen-bond donors (Lipinski definition) is 1. The highest BCUT2D eigenvalue weighted by molar-refractivity contribution is 6.07. The molecule has 10 heavy (non-hydrogen) atoms. The van der Waals surface area contributed by atoms with Crippen molar-refractivity contribution in [1.82, 2.24) is 5.32 Å². The Morgan fingerprint density at radius 2 is 2.20 bits per heavy atom. The molecular weight excluding hydrogens is 136 g/mol. The van der Waals surface area contributed by atoms with Gasteiger partial charge in [0.2, 0.25) is 5.91 Å². The van der Waals surface area contributed by atoms with E-state index in [9.17, 15) is 14.5 Å². The number of nitrogens with zero attached hydrogens (tertiary/aromatic N) is 1. The third-order valence-electron chi connectivity index (χ3n) is 1.06. The number of rotatable bonds is 1. The van der Waals surface area contributed by atoms with Crippen LogP contribution in [0.5, 0.6) is 0 Å². The molecule has 1 N–H and O–H groups in total. The third-order valence-corrected chi connectivity index (χ3v) is 1.06. The van der Waals surface area contributed by atoms with Crippen molar-refractivity contribution in [2.45, 2.75) is 6.42 Å². The quantitative estimate of drug-likeness (QED) is 0.400. The van der Waals surface area contributed by atoms with Crippen molar-refractivity contribution in [1.29, 1.82) is 0 Å². The molecule has 5 heteroatoms. The van der Waals surface area contributed by atoms with Crippen molar-refractivity contribution in [3.63, 3.8) is 0 Å². The average molecular weight is 140 g/mol. The van der Waals surface area contributed by atoms with Crippen molar-refractivity contribution in [2.75, 3.05) is 0 Å². The number of imide groups is 1. The molecule has 0 aromatic rings. The molecule has 1 rings (SSSR count). The molecule has 0 atom stereocenters. The highest BCUT2D eigenvalue weighted by atomic mass is 16.3. The fraction of sp³-hybridized carbons (Fsp3) is 0.200. The van der Waals surface area contributed by atoms with Crippen LogP contribution in [0, 0.1) is 4.91 Å². The van der Waals surface area contributed by atoms with Crippen LogP contribution >= 0.6 is 0 Å². The molecule has 1 aliphatic heterocycles. The van der Waals surface area contributed by atoms with Crippen molar-refractivity contribution in [2.24, 2.45) is 5.18 Å². The summed E-state index contributed by atoms with van der Waals surface area (Å²) < 4.78 is 0. The smallest absolute Gasteiger partial charge is 0.279 e. The predicted octanol–water partition coefficient (Wildman–Crippen LogP) is -0.317. The number of carbonyl (C=O) groups excluding carboxylic acids is 2. The first-order valence-corrected chi connectivity index (χ1v) is 2.61. The molecule has 0 unspecified atom stereocenters. The first kappa shape index (κ1) is 6.60. The Labute approximate surface area is 56.1 Å². The standard InChI is InChI=1S/C5H4N2O3/c8-4-2-1-3(7-10)5(9)6-4/h1H,2H2,(H,6,8,9). The number of nitrogens with one attached hydrogen (secondary N) is 1. The summed E-state index contributed by atoms with van der Waals surface area (Å²) in [5.74, 6) is -1.12. The van der Waals surface area contributed by atoms with Gasteiger partial charge in [-0.3, -0.25) is 14.9 Å². The summed E-state index contributed by atoms with van der Waals surface area (Å²) in [6, 6.07) is 0. The summed E-state index contributed by atoms with van der Waals surface area (Å²) in [6.45, 7) is 0. The monoisotopic (exact) mass is 140 g/mol. The average Bonchev–Trinajstić information content (AvgIpc) is 1.88. The predicted molar refractivity (Wildman–Crippen MR) is 31.6 cm³/mol. The van der Waals surface area contributed by atoms with Crippen LogP contribution in [-0.2, 0) is 9.59 Å². The lowest BCUT2D eigenvalue weighted by Gasteiger charge is -2.04. The zero-order valence-corrected chi connectivity index (χ0v) is 4.96. The molecule has 2 amide bonds. The van der Waals surface area contributed by atoms with Gasteiger partial charge in [-0.15, -0.1) is 4.91 Å². The molecule has 0 aromatic carbocycles. The van der Waals surface area contributed by atoms with Crippen molar-refractivity contribution < 1.29 is 9.59 Å². The zero-order chi connectivity index (χ0) is 7.56. The van der Waals surface area contributed by atoms with Crippen LogP contribution < -0.4 is 5.32 Å². The lowest BCUT2D eigenvalue weighted by molar-refractivity contribution is -0.128.